The maximum absolute atomic E-state index is 11.9. The molecule has 0 aliphatic heterocycles. The van der Waals surface area contributed by atoms with E-state index in [2.05, 4.69) is 31.0 Å². The minimum absolute atomic E-state index is 0.0212. The van der Waals surface area contributed by atoms with Crippen molar-refractivity contribution in [2.24, 2.45) is 5.92 Å². The van der Waals surface area contributed by atoms with E-state index in [4.69, 9.17) is 5.11 Å². The van der Waals surface area contributed by atoms with Crippen molar-refractivity contribution in [2.75, 3.05) is 13.2 Å². The number of rotatable bonds is 6. The van der Waals surface area contributed by atoms with Gasteiger partial charge in [0.2, 0.25) is 0 Å². The minimum Gasteiger partial charge on any atom is -0.395 e. The second-order valence-electron chi connectivity index (χ2n) is 4.33. The fourth-order valence-corrected chi connectivity index (χ4v) is 2.43. The number of hydrogen-bond donors (Lipinski definition) is 2. The SMILES string of the molecule is CCC(CC)CNC(=O)c1ccc(C#CCCO)s1. The smallest absolute Gasteiger partial charge is 0.261 e. The Balaban J connectivity index is 2.52. The van der Waals surface area contributed by atoms with Crippen LogP contribution in [0, 0.1) is 17.8 Å². The summed E-state index contributed by atoms with van der Waals surface area (Å²) in [6, 6.07) is 3.65. The van der Waals surface area contributed by atoms with Crippen LogP contribution in [0.3, 0.4) is 0 Å². The third-order valence-electron chi connectivity index (χ3n) is 2.98. The summed E-state index contributed by atoms with van der Waals surface area (Å²) in [5.74, 6) is 6.32. The fourth-order valence-electron chi connectivity index (χ4n) is 1.63. The van der Waals surface area contributed by atoms with Gasteiger partial charge in [0.15, 0.2) is 0 Å². The average Bonchev–Trinajstić information content (AvgIpc) is 2.89. The number of aliphatic hydroxyl groups is 1. The summed E-state index contributed by atoms with van der Waals surface area (Å²) in [6.45, 7) is 5.08. The molecule has 0 radical (unpaired) electrons. The zero-order valence-corrected chi connectivity index (χ0v) is 12.3. The number of thiophene rings is 1. The van der Waals surface area contributed by atoms with Gasteiger partial charge < -0.3 is 10.4 Å². The number of hydrogen-bond acceptors (Lipinski definition) is 3. The zero-order chi connectivity index (χ0) is 14.1. The lowest BCUT2D eigenvalue weighted by molar-refractivity contribution is 0.0950. The van der Waals surface area contributed by atoms with Crippen molar-refractivity contribution in [1.29, 1.82) is 0 Å². The summed E-state index contributed by atoms with van der Waals surface area (Å²) in [6.07, 6.45) is 2.63. The van der Waals surface area contributed by atoms with E-state index in [9.17, 15) is 4.79 Å². The van der Waals surface area contributed by atoms with Crippen LogP contribution in [-0.2, 0) is 0 Å². The van der Waals surface area contributed by atoms with Crippen LogP contribution in [0.25, 0.3) is 0 Å². The predicted molar refractivity (Wildman–Crippen MR) is 79.3 cm³/mol. The van der Waals surface area contributed by atoms with Crippen LogP contribution in [0.4, 0.5) is 0 Å². The number of aliphatic hydroxyl groups excluding tert-OH is 1. The summed E-state index contributed by atoms with van der Waals surface area (Å²) in [4.78, 5) is 13.5. The van der Waals surface area contributed by atoms with Crippen molar-refractivity contribution in [2.45, 2.75) is 33.1 Å². The second kappa shape index (κ2) is 8.73. The van der Waals surface area contributed by atoms with Gasteiger partial charge in [0.05, 0.1) is 16.4 Å². The van der Waals surface area contributed by atoms with Crippen LogP contribution in [0.2, 0.25) is 0 Å². The van der Waals surface area contributed by atoms with E-state index in [0.29, 0.717) is 17.2 Å². The van der Waals surface area contributed by atoms with Crippen LogP contribution in [0.15, 0.2) is 12.1 Å². The molecule has 0 saturated heterocycles. The summed E-state index contributed by atoms with van der Waals surface area (Å²) in [7, 11) is 0. The highest BCUT2D eigenvalue weighted by atomic mass is 32.1. The number of amides is 1. The molecule has 0 aliphatic rings. The molecule has 1 heterocycles. The molecule has 1 aromatic rings. The van der Waals surface area contributed by atoms with Gasteiger partial charge in [-0.25, -0.2) is 0 Å². The quantitative estimate of drug-likeness (QED) is 0.787. The molecule has 0 unspecified atom stereocenters. The molecular formula is C15H21NO2S. The molecular weight excluding hydrogens is 258 g/mol. The van der Waals surface area contributed by atoms with Crippen LogP contribution < -0.4 is 5.32 Å². The molecule has 2 N–H and O–H groups in total. The summed E-state index contributed by atoms with van der Waals surface area (Å²) < 4.78 is 0. The van der Waals surface area contributed by atoms with Crippen molar-refractivity contribution in [3.8, 4) is 11.8 Å². The lowest BCUT2D eigenvalue weighted by Gasteiger charge is -2.12. The molecule has 0 spiro atoms. The molecule has 1 aromatic heterocycles. The third kappa shape index (κ3) is 5.46. The standard InChI is InChI=1S/C15H21NO2S/c1-3-12(4-2)11-16-15(18)14-9-8-13(19-14)7-5-6-10-17/h8-9,12,17H,3-4,6,10-11H2,1-2H3,(H,16,18). The van der Waals surface area contributed by atoms with Crippen molar-refractivity contribution in [3.05, 3.63) is 21.9 Å². The Morgan fingerprint density at radius 3 is 2.79 bits per heavy atom. The third-order valence-corrected chi connectivity index (χ3v) is 3.98. The van der Waals surface area contributed by atoms with Gasteiger partial charge >= 0.3 is 0 Å². The van der Waals surface area contributed by atoms with Gasteiger partial charge in [-0.05, 0) is 18.1 Å². The molecule has 104 valence electrons. The van der Waals surface area contributed by atoms with Gasteiger partial charge in [-0.3, -0.25) is 4.79 Å². The normalized spacial score (nSPS) is 10.1. The number of carbonyl (C=O) groups is 1. The Hall–Kier alpha value is -1.31. The Morgan fingerprint density at radius 1 is 1.42 bits per heavy atom. The first-order valence-electron chi connectivity index (χ1n) is 6.69. The van der Waals surface area contributed by atoms with Crippen molar-refractivity contribution in [3.63, 3.8) is 0 Å². The molecule has 0 saturated carbocycles. The zero-order valence-electron chi connectivity index (χ0n) is 11.5. The van der Waals surface area contributed by atoms with Crippen LogP contribution in [-0.4, -0.2) is 24.2 Å². The molecule has 0 aromatic carbocycles. The van der Waals surface area contributed by atoms with Gasteiger partial charge in [0, 0.05) is 13.0 Å². The Kier molecular flexibility index (Phi) is 7.24. The topological polar surface area (TPSA) is 49.3 Å². The molecule has 1 amide bonds. The Labute approximate surface area is 119 Å². The molecule has 1 rings (SSSR count). The van der Waals surface area contributed by atoms with Gasteiger partial charge in [-0.15, -0.1) is 11.3 Å². The molecule has 0 atom stereocenters. The molecule has 0 aliphatic carbocycles. The van der Waals surface area contributed by atoms with Crippen molar-refractivity contribution in [1.82, 2.24) is 5.32 Å². The van der Waals surface area contributed by atoms with Gasteiger partial charge in [-0.2, -0.15) is 0 Å². The van der Waals surface area contributed by atoms with Gasteiger partial charge in [0.25, 0.3) is 5.91 Å². The average molecular weight is 279 g/mol. The highest BCUT2D eigenvalue weighted by Gasteiger charge is 2.10. The first-order chi connectivity index (χ1) is 9.21. The first kappa shape index (κ1) is 15.7. The summed E-state index contributed by atoms with van der Waals surface area (Å²) in [5.41, 5.74) is 0. The van der Waals surface area contributed by atoms with E-state index in [1.54, 1.807) is 6.07 Å². The predicted octanol–water partition coefficient (Wildman–Crippen LogP) is 2.65. The largest absolute Gasteiger partial charge is 0.395 e. The lowest BCUT2D eigenvalue weighted by Crippen LogP contribution is -2.28. The summed E-state index contributed by atoms with van der Waals surface area (Å²) >= 11 is 1.39. The molecule has 0 fully saturated rings. The molecule has 0 bridgehead atoms. The first-order valence-corrected chi connectivity index (χ1v) is 7.50. The molecule has 19 heavy (non-hydrogen) atoms. The van der Waals surface area contributed by atoms with E-state index in [1.807, 2.05) is 6.07 Å². The number of nitrogens with one attached hydrogen (secondary N) is 1. The van der Waals surface area contributed by atoms with E-state index in [1.165, 1.54) is 11.3 Å². The van der Waals surface area contributed by atoms with E-state index < -0.39 is 0 Å². The maximum atomic E-state index is 11.9. The van der Waals surface area contributed by atoms with E-state index >= 15 is 0 Å². The summed E-state index contributed by atoms with van der Waals surface area (Å²) in [5, 5.41) is 11.6. The minimum atomic E-state index is -0.0212. The Bertz CT molecular complexity index is 452. The monoisotopic (exact) mass is 279 g/mol. The lowest BCUT2D eigenvalue weighted by atomic mass is 10.0. The van der Waals surface area contributed by atoms with Gasteiger partial charge in [0.1, 0.15) is 0 Å². The number of carbonyl (C=O) groups excluding carboxylic acids is 1. The second-order valence-corrected chi connectivity index (χ2v) is 5.42. The van der Waals surface area contributed by atoms with Crippen molar-refractivity contribution >= 4 is 17.2 Å². The molecule has 4 heteroatoms. The van der Waals surface area contributed by atoms with Gasteiger partial charge in [-0.1, -0.05) is 38.5 Å². The Morgan fingerprint density at radius 2 is 2.16 bits per heavy atom. The van der Waals surface area contributed by atoms with E-state index in [-0.39, 0.29) is 12.5 Å². The highest BCUT2D eigenvalue weighted by Crippen LogP contribution is 2.15. The molecule has 3 nitrogen and oxygen atoms in total. The highest BCUT2D eigenvalue weighted by molar-refractivity contribution is 7.14. The maximum Gasteiger partial charge on any atom is 0.261 e. The van der Waals surface area contributed by atoms with Crippen LogP contribution in [0.1, 0.15) is 47.7 Å². The van der Waals surface area contributed by atoms with Crippen LogP contribution >= 0.6 is 11.3 Å². The van der Waals surface area contributed by atoms with E-state index in [0.717, 1.165) is 24.3 Å². The van der Waals surface area contributed by atoms with Crippen LogP contribution in [0.5, 0.6) is 0 Å². The van der Waals surface area contributed by atoms with Crippen molar-refractivity contribution < 1.29 is 9.90 Å². The fraction of sp³-hybridized carbons (Fsp3) is 0.533.